The minimum atomic E-state index is 0.306. The highest BCUT2D eigenvalue weighted by atomic mass is 16.5. The monoisotopic (exact) mass is 301 g/mol. The van der Waals surface area contributed by atoms with Crippen molar-refractivity contribution in [2.75, 3.05) is 13.1 Å². The lowest BCUT2D eigenvalue weighted by molar-refractivity contribution is -0.130. The van der Waals surface area contributed by atoms with Crippen molar-refractivity contribution in [2.45, 2.75) is 63.9 Å². The molecule has 0 N–H and O–H groups in total. The molecule has 3 heteroatoms. The van der Waals surface area contributed by atoms with Crippen molar-refractivity contribution in [3.63, 3.8) is 0 Å². The van der Waals surface area contributed by atoms with Crippen molar-refractivity contribution >= 4 is 5.91 Å². The van der Waals surface area contributed by atoms with Gasteiger partial charge in [-0.1, -0.05) is 18.6 Å². The number of rotatable bonds is 5. The van der Waals surface area contributed by atoms with Gasteiger partial charge in [0.15, 0.2) is 0 Å². The first-order valence-corrected chi connectivity index (χ1v) is 8.84. The Labute approximate surface area is 133 Å². The summed E-state index contributed by atoms with van der Waals surface area (Å²) < 4.78 is 6.04. The number of hydrogen-bond donors (Lipinski definition) is 0. The van der Waals surface area contributed by atoms with Crippen molar-refractivity contribution in [3.8, 4) is 5.75 Å². The second-order valence-electron chi connectivity index (χ2n) is 6.61. The summed E-state index contributed by atoms with van der Waals surface area (Å²) in [5.74, 6) is 1.28. The third kappa shape index (κ3) is 4.25. The van der Waals surface area contributed by atoms with Crippen LogP contribution in [-0.2, 0) is 11.2 Å². The average Bonchev–Trinajstić information content (AvgIpc) is 3.09. The van der Waals surface area contributed by atoms with Crippen LogP contribution < -0.4 is 4.74 Å². The van der Waals surface area contributed by atoms with Crippen LogP contribution >= 0.6 is 0 Å². The quantitative estimate of drug-likeness (QED) is 0.824. The molecule has 0 spiro atoms. The number of nitrogens with zero attached hydrogens (tertiary/aromatic N) is 1. The molecule has 1 aliphatic heterocycles. The fourth-order valence-electron chi connectivity index (χ4n) is 3.49. The molecule has 0 atom stereocenters. The zero-order valence-corrected chi connectivity index (χ0v) is 13.4. The maximum Gasteiger partial charge on any atom is 0.222 e. The van der Waals surface area contributed by atoms with Gasteiger partial charge in [0.1, 0.15) is 5.75 Å². The Balaban J connectivity index is 1.45. The second kappa shape index (κ2) is 7.66. The van der Waals surface area contributed by atoms with Crippen LogP contribution in [0.1, 0.15) is 56.9 Å². The largest absolute Gasteiger partial charge is 0.490 e. The first-order valence-electron chi connectivity index (χ1n) is 8.84. The third-order valence-corrected chi connectivity index (χ3v) is 4.86. The Morgan fingerprint density at radius 3 is 2.36 bits per heavy atom. The molecule has 1 heterocycles. The molecule has 3 rings (SSSR count). The van der Waals surface area contributed by atoms with Crippen molar-refractivity contribution in [2.24, 2.45) is 0 Å². The molecule has 0 aromatic heterocycles. The van der Waals surface area contributed by atoms with Gasteiger partial charge in [0, 0.05) is 19.5 Å². The summed E-state index contributed by atoms with van der Waals surface area (Å²) in [5, 5.41) is 0. The second-order valence-corrected chi connectivity index (χ2v) is 6.61. The molecule has 1 amide bonds. The van der Waals surface area contributed by atoms with Gasteiger partial charge in [-0.05, 0) is 62.6 Å². The van der Waals surface area contributed by atoms with Crippen molar-refractivity contribution < 1.29 is 9.53 Å². The van der Waals surface area contributed by atoms with Gasteiger partial charge in [-0.3, -0.25) is 4.79 Å². The van der Waals surface area contributed by atoms with E-state index in [1.807, 2.05) is 4.90 Å². The standard InChI is InChI=1S/C19H27NO2/c21-19(20-14-4-5-15-20)13-10-16-8-11-18(12-9-16)22-17-6-2-1-3-7-17/h8-9,11-12,17H,1-7,10,13-15H2. The number of carbonyl (C=O) groups excluding carboxylic acids is 1. The maximum atomic E-state index is 12.0. The van der Waals surface area contributed by atoms with Crippen LogP contribution in [0.5, 0.6) is 5.75 Å². The number of hydrogen-bond acceptors (Lipinski definition) is 2. The van der Waals surface area contributed by atoms with Crippen LogP contribution in [0.2, 0.25) is 0 Å². The Hall–Kier alpha value is -1.51. The highest BCUT2D eigenvalue weighted by molar-refractivity contribution is 5.76. The molecule has 2 aliphatic rings. The van der Waals surface area contributed by atoms with Crippen LogP contribution in [0.25, 0.3) is 0 Å². The Morgan fingerprint density at radius 2 is 1.68 bits per heavy atom. The van der Waals surface area contributed by atoms with E-state index in [9.17, 15) is 4.79 Å². The van der Waals surface area contributed by atoms with Crippen molar-refractivity contribution in [1.82, 2.24) is 4.90 Å². The average molecular weight is 301 g/mol. The summed E-state index contributed by atoms with van der Waals surface area (Å²) in [6.45, 7) is 1.90. The van der Waals surface area contributed by atoms with Gasteiger partial charge in [0.25, 0.3) is 0 Å². The molecule has 1 aliphatic carbocycles. The van der Waals surface area contributed by atoms with Gasteiger partial charge < -0.3 is 9.64 Å². The van der Waals surface area contributed by atoms with E-state index in [1.54, 1.807) is 0 Å². The molecule has 1 aromatic rings. The molecular formula is C19H27NO2. The first-order chi connectivity index (χ1) is 10.8. The minimum absolute atomic E-state index is 0.306. The third-order valence-electron chi connectivity index (χ3n) is 4.86. The maximum absolute atomic E-state index is 12.0. The highest BCUT2D eigenvalue weighted by Crippen LogP contribution is 2.23. The van der Waals surface area contributed by atoms with E-state index in [-0.39, 0.29) is 0 Å². The van der Waals surface area contributed by atoms with E-state index in [2.05, 4.69) is 24.3 Å². The normalized spacial score (nSPS) is 19.4. The van der Waals surface area contributed by atoms with E-state index < -0.39 is 0 Å². The van der Waals surface area contributed by atoms with E-state index in [4.69, 9.17) is 4.74 Å². The van der Waals surface area contributed by atoms with Gasteiger partial charge in [0.2, 0.25) is 5.91 Å². The predicted octanol–water partition coefficient (Wildman–Crippen LogP) is 3.95. The predicted molar refractivity (Wildman–Crippen MR) is 88.1 cm³/mol. The van der Waals surface area contributed by atoms with E-state index >= 15 is 0 Å². The fraction of sp³-hybridized carbons (Fsp3) is 0.632. The topological polar surface area (TPSA) is 29.5 Å². The molecule has 0 unspecified atom stereocenters. The number of carbonyl (C=O) groups is 1. The molecule has 120 valence electrons. The molecule has 0 bridgehead atoms. The van der Waals surface area contributed by atoms with Crippen LogP contribution in [0.15, 0.2) is 24.3 Å². The Morgan fingerprint density at radius 1 is 1.00 bits per heavy atom. The molecule has 1 aromatic carbocycles. The van der Waals surface area contributed by atoms with Gasteiger partial charge in [-0.2, -0.15) is 0 Å². The molecule has 3 nitrogen and oxygen atoms in total. The van der Waals surface area contributed by atoms with Gasteiger partial charge in [-0.25, -0.2) is 0 Å². The number of benzene rings is 1. The summed E-state index contributed by atoms with van der Waals surface area (Å²) in [6, 6.07) is 8.33. The van der Waals surface area contributed by atoms with E-state index in [0.717, 1.165) is 25.3 Å². The number of aryl methyl sites for hydroxylation is 1. The van der Waals surface area contributed by atoms with Crippen LogP contribution in [-0.4, -0.2) is 30.0 Å². The molecule has 1 saturated heterocycles. The Bertz CT molecular complexity index is 471. The summed E-state index contributed by atoms with van der Waals surface area (Å²) in [4.78, 5) is 14.1. The van der Waals surface area contributed by atoms with Crippen molar-refractivity contribution in [1.29, 1.82) is 0 Å². The zero-order chi connectivity index (χ0) is 15.2. The van der Waals surface area contributed by atoms with Gasteiger partial charge >= 0.3 is 0 Å². The molecule has 22 heavy (non-hydrogen) atoms. The first kappa shape index (κ1) is 15.4. The minimum Gasteiger partial charge on any atom is -0.490 e. The highest BCUT2D eigenvalue weighted by Gasteiger charge is 2.17. The fourth-order valence-corrected chi connectivity index (χ4v) is 3.49. The van der Waals surface area contributed by atoms with Crippen LogP contribution in [0, 0.1) is 0 Å². The molecular weight excluding hydrogens is 274 g/mol. The summed E-state index contributed by atoms with van der Waals surface area (Å²) in [6.07, 6.45) is 10.5. The van der Waals surface area contributed by atoms with Gasteiger partial charge in [-0.15, -0.1) is 0 Å². The van der Waals surface area contributed by atoms with Crippen LogP contribution in [0.4, 0.5) is 0 Å². The zero-order valence-electron chi connectivity index (χ0n) is 13.4. The SMILES string of the molecule is O=C(CCc1ccc(OC2CCCCC2)cc1)N1CCCC1. The smallest absolute Gasteiger partial charge is 0.222 e. The van der Waals surface area contributed by atoms with Crippen molar-refractivity contribution in [3.05, 3.63) is 29.8 Å². The molecule has 2 fully saturated rings. The number of likely N-dealkylation sites (tertiary alicyclic amines) is 1. The molecule has 0 radical (unpaired) electrons. The number of amides is 1. The van der Waals surface area contributed by atoms with E-state index in [0.29, 0.717) is 18.4 Å². The summed E-state index contributed by atoms with van der Waals surface area (Å²) >= 11 is 0. The summed E-state index contributed by atoms with van der Waals surface area (Å²) in [5.41, 5.74) is 1.23. The summed E-state index contributed by atoms with van der Waals surface area (Å²) in [7, 11) is 0. The number of ether oxygens (including phenoxy) is 1. The lowest BCUT2D eigenvalue weighted by atomic mass is 9.98. The lowest BCUT2D eigenvalue weighted by Crippen LogP contribution is -2.27. The van der Waals surface area contributed by atoms with E-state index in [1.165, 1.54) is 50.5 Å². The van der Waals surface area contributed by atoms with Crippen LogP contribution in [0.3, 0.4) is 0 Å². The lowest BCUT2D eigenvalue weighted by Gasteiger charge is -2.23. The van der Waals surface area contributed by atoms with Gasteiger partial charge in [0.05, 0.1) is 6.10 Å². The molecule has 1 saturated carbocycles. The Kier molecular flexibility index (Phi) is 5.36.